The van der Waals surface area contributed by atoms with Crippen molar-refractivity contribution >= 4 is 34.8 Å². The van der Waals surface area contributed by atoms with E-state index in [1.165, 1.54) is 0 Å². The van der Waals surface area contributed by atoms with Gasteiger partial charge in [0.2, 0.25) is 5.91 Å². The highest BCUT2D eigenvalue weighted by Gasteiger charge is 2.22. The molecule has 1 aliphatic rings. The summed E-state index contributed by atoms with van der Waals surface area (Å²) in [5.74, 6) is -1.53. The molecule has 1 aliphatic heterocycles. The van der Waals surface area contributed by atoms with E-state index < -0.39 is 5.97 Å². The second-order valence-corrected chi connectivity index (χ2v) is 9.03. The molecule has 3 aromatic carbocycles. The molecule has 3 aromatic rings. The van der Waals surface area contributed by atoms with Gasteiger partial charge in [-0.15, -0.1) is 0 Å². The number of anilines is 3. The molecule has 2 amide bonds. The lowest BCUT2D eigenvalue weighted by molar-refractivity contribution is -0.117. The van der Waals surface area contributed by atoms with Crippen molar-refractivity contribution in [2.75, 3.05) is 48.3 Å². The molecule has 8 heteroatoms. The van der Waals surface area contributed by atoms with Gasteiger partial charge in [-0.05, 0) is 56.3 Å². The van der Waals surface area contributed by atoms with Crippen LogP contribution in [0, 0.1) is 13.8 Å². The number of hydrogen-bond acceptors (Lipinski definition) is 5. The maximum absolute atomic E-state index is 12.6. The summed E-state index contributed by atoms with van der Waals surface area (Å²) in [5, 5.41) is 15.4. The van der Waals surface area contributed by atoms with Crippen molar-refractivity contribution in [3.8, 4) is 0 Å². The van der Waals surface area contributed by atoms with E-state index in [0.29, 0.717) is 38.3 Å². The molecule has 0 spiro atoms. The van der Waals surface area contributed by atoms with Gasteiger partial charge in [-0.25, -0.2) is 4.79 Å². The van der Waals surface area contributed by atoms with Crippen LogP contribution in [-0.4, -0.2) is 60.5 Å². The smallest absolute Gasteiger partial charge is 0.337 e. The highest BCUT2D eigenvalue weighted by molar-refractivity contribution is 6.08. The Hall–Kier alpha value is -4.17. The lowest BCUT2D eigenvalue weighted by Crippen LogP contribution is -2.48. The standard InChI is InChI=1S/C28H30N4O4/c1-19-3-7-21(8-4-19)27(34)30-25-12-11-23(17-24(25)28(35)36)32-15-13-31(14-16-32)18-26(33)29-22-9-5-20(2)6-10-22/h3-12,17H,13-16,18H2,1-2H3,(H,29,33)(H,30,34)(H,35,36). The van der Waals surface area contributed by atoms with Crippen molar-refractivity contribution in [1.29, 1.82) is 0 Å². The minimum atomic E-state index is -1.11. The van der Waals surface area contributed by atoms with Crippen LogP contribution in [0.3, 0.4) is 0 Å². The number of nitrogens with zero attached hydrogens (tertiary/aromatic N) is 2. The summed E-state index contributed by atoms with van der Waals surface area (Å²) in [5.41, 5.74) is 4.47. The van der Waals surface area contributed by atoms with Gasteiger partial charge in [-0.2, -0.15) is 0 Å². The highest BCUT2D eigenvalue weighted by atomic mass is 16.4. The molecule has 0 radical (unpaired) electrons. The molecule has 4 rings (SSSR count). The van der Waals surface area contributed by atoms with E-state index in [-0.39, 0.29) is 23.1 Å². The molecule has 0 aliphatic carbocycles. The maximum Gasteiger partial charge on any atom is 0.337 e. The quantitative estimate of drug-likeness (QED) is 0.466. The lowest BCUT2D eigenvalue weighted by atomic mass is 10.1. The third-order valence-electron chi connectivity index (χ3n) is 6.24. The molecule has 0 bridgehead atoms. The van der Waals surface area contributed by atoms with Crippen LogP contribution in [0.1, 0.15) is 31.8 Å². The summed E-state index contributed by atoms with van der Waals surface area (Å²) in [6.45, 7) is 6.90. The first kappa shape index (κ1) is 24.9. The molecule has 0 aromatic heterocycles. The molecule has 1 heterocycles. The van der Waals surface area contributed by atoms with Gasteiger partial charge in [-0.3, -0.25) is 14.5 Å². The summed E-state index contributed by atoms with van der Waals surface area (Å²) in [7, 11) is 0. The molecule has 0 unspecified atom stereocenters. The van der Waals surface area contributed by atoms with Crippen molar-refractivity contribution in [2.45, 2.75) is 13.8 Å². The fraction of sp³-hybridized carbons (Fsp3) is 0.250. The number of nitrogens with one attached hydrogen (secondary N) is 2. The van der Waals surface area contributed by atoms with E-state index in [1.807, 2.05) is 56.3 Å². The van der Waals surface area contributed by atoms with Crippen molar-refractivity contribution in [2.24, 2.45) is 0 Å². The molecule has 1 saturated heterocycles. The number of carboxylic acid groups (broad SMARTS) is 1. The minimum Gasteiger partial charge on any atom is -0.478 e. The minimum absolute atomic E-state index is 0.0351. The molecule has 36 heavy (non-hydrogen) atoms. The first-order valence-electron chi connectivity index (χ1n) is 11.9. The number of benzene rings is 3. The van der Waals surface area contributed by atoms with Gasteiger partial charge in [0, 0.05) is 43.1 Å². The molecule has 3 N–H and O–H groups in total. The van der Waals surface area contributed by atoms with Crippen LogP contribution in [0.4, 0.5) is 17.1 Å². The Balaban J connectivity index is 1.35. The maximum atomic E-state index is 12.6. The zero-order chi connectivity index (χ0) is 25.7. The molecule has 1 fully saturated rings. The Morgan fingerprint density at radius 3 is 2.03 bits per heavy atom. The predicted molar refractivity (Wildman–Crippen MR) is 141 cm³/mol. The molecular formula is C28H30N4O4. The first-order chi connectivity index (χ1) is 17.3. The monoisotopic (exact) mass is 486 g/mol. The number of amides is 2. The molecular weight excluding hydrogens is 456 g/mol. The van der Waals surface area contributed by atoms with E-state index in [4.69, 9.17) is 0 Å². The van der Waals surface area contributed by atoms with E-state index >= 15 is 0 Å². The fourth-order valence-corrected chi connectivity index (χ4v) is 4.12. The van der Waals surface area contributed by atoms with Gasteiger partial charge >= 0.3 is 5.97 Å². The number of aryl methyl sites for hydroxylation is 2. The Morgan fingerprint density at radius 2 is 1.42 bits per heavy atom. The van der Waals surface area contributed by atoms with Gasteiger partial charge in [0.1, 0.15) is 0 Å². The van der Waals surface area contributed by atoms with Crippen molar-refractivity contribution in [3.63, 3.8) is 0 Å². The van der Waals surface area contributed by atoms with Gasteiger partial charge in [0.25, 0.3) is 5.91 Å². The fourth-order valence-electron chi connectivity index (χ4n) is 4.12. The zero-order valence-corrected chi connectivity index (χ0v) is 20.5. The van der Waals surface area contributed by atoms with Crippen LogP contribution in [0.2, 0.25) is 0 Å². The number of carbonyl (C=O) groups excluding carboxylic acids is 2. The van der Waals surface area contributed by atoms with Crippen LogP contribution in [0.5, 0.6) is 0 Å². The number of rotatable bonds is 7. The molecule has 0 atom stereocenters. The summed E-state index contributed by atoms with van der Waals surface area (Å²) < 4.78 is 0. The lowest BCUT2D eigenvalue weighted by Gasteiger charge is -2.36. The highest BCUT2D eigenvalue weighted by Crippen LogP contribution is 2.25. The number of aromatic carboxylic acids is 1. The van der Waals surface area contributed by atoms with Crippen molar-refractivity contribution in [3.05, 3.63) is 89.0 Å². The van der Waals surface area contributed by atoms with Crippen LogP contribution in [-0.2, 0) is 4.79 Å². The number of carbonyl (C=O) groups is 3. The Kier molecular flexibility index (Phi) is 7.65. The van der Waals surface area contributed by atoms with E-state index in [2.05, 4.69) is 20.4 Å². The first-order valence-corrected chi connectivity index (χ1v) is 11.9. The van der Waals surface area contributed by atoms with Crippen LogP contribution in [0.25, 0.3) is 0 Å². The Labute approximate surface area is 210 Å². The number of hydrogen-bond donors (Lipinski definition) is 3. The summed E-state index contributed by atoms with van der Waals surface area (Å²) in [4.78, 5) is 41.1. The van der Waals surface area contributed by atoms with Gasteiger partial charge in [-0.1, -0.05) is 35.4 Å². The predicted octanol–water partition coefficient (Wildman–Crippen LogP) is 4.01. The topological polar surface area (TPSA) is 102 Å². The average molecular weight is 487 g/mol. The SMILES string of the molecule is Cc1ccc(NC(=O)CN2CCN(c3ccc(NC(=O)c4ccc(C)cc4)c(C(=O)O)c3)CC2)cc1. The van der Waals surface area contributed by atoms with Crippen LogP contribution < -0.4 is 15.5 Å². The third kappa shape index (κ3) is 6.28. The largest absolute Gasteiger partial charge is 0.478 e. The van der Waals surface area contributed by atoms with E-state index in [1.54, 1.807) is 24.3 Å². The van der Waals surface area contributed by atoms with Gasteiger partial charge in [0.15, 0.2) is 0 Å². The van der Waals surface area contributed by atoms with Crippen molar-refractivity contribution < 1.29 is 19.5 Å². The molecule has 186 valence electrons. The second kappa shape index (κ2) is 11.0. The summed E-state index contributed by atoms with van der Waals surface area (Å²) in [6, 6.07) is 19.8. The number of carboxylic acids is 1. The van der Waals surface area contributed by atoms with E-state index in [0.717, 1.165) is 22.5 Å². The van der Waals surface area contributed by atoms with Gasteiger partial charge < -0.3 is 20.6 Å². The summed E-state index contributed by atoms with van der Waals surface area (Å²) >= 11 is 0. The zero-order valence-electron chi connectivity index (χ0n) is 20.5. The molecule has 8 nitrogen and oxygen atoms in total. The Morgan fingerprint density at radius 1 is 0.806 bits per heavy atom. The van der Waals surface area contributed by atoms with Gasteiger partial charge in [0.05, 0.1) is 17.8 Å². The normalized spacial score (nSPS) is 13.8. The van der Waals surface area contributed by atoms with Crippen molar-refractivity contribution in [1.82, 2.24) is 4.90 Å². The van der Waals surface area contributed by atoms with Crippen LogP contribution in [0.15, 0.2) is 66.7 Å². The average Bonchev–Trinajstić information content (AvgIpc) is 2.86. The third-order valence-corrected chi connectivity index (χ3v) is 6.24. The summed E-state index contributed by atoms with van der Waals surface area (Å²) in [6.07, 6.45) is 0. The van der Waals surface area contributed by atoms with E-state index in [9.17, 15) is 19.5 Å². The molecule has 0 saturated carbocycles. The van der Waals surface area contributed by atoms with Crippen LogP contribution >= 0.6 is 0 Å². The number of piperazine rings is 1. The Bertz CT molecular complexity index is 1250. The second-order valence-electron chi connectivity index (χ2n) is 9.03.